The van der Waals surface area contributed by atoms with Gasteiger partial charge in [-0.1, -0.05) is 31.8 Å². The number of hydrogen-bond acceptors (Lipinski definition) is 3. The van der Waals surface area contributed by atoms with E-state index in [4.69, 9.17) is 0 Å². The highest BCUT2D eigenvalue weighted by atomic mass is 15.0. The number of anilines is 1. The molecule has 3 heterocycles. The molecule has 4 heteroatoms. The Morgan fingerprint density at radius 3 is 2.88 bits per heavy atom. The second kappa shape index (κ2) is 6.98. The van der Waals surface area contributed by atoms with Gasteiger partial charge in [0.1, 0.15) is 11.3 Å². The zero-order chi connectivity index (χ0) is 17.1. The first-order valence-electron chi connectivity index (χ1n) is 8.97. The third kappa shape index (κ3) is 3.36. The summed E-state index contributed by atoms with van der Waals surface area (Å²) in [6, 6.07) is 8.34. The third-order valence-electron chi connectivity index (χ3n) is 5.02. The van der Waals surface area contributed by atoms with Crippen LogP contribution in [0.15, 0.2) is 42.9 Å². The Morgan fingerprint density at radius 2 is 2.04 bits per heavy atom. The Hall–Kier alpha value is -2.80. The number of rotatable bonds is 2. The maximum Gasteiger partial charge on any atom is 0.139 e. The zero-order valence-corrected chi connectivity index (χ0v) is 14.4. The van der Waals surface area contributed by atoms with E-state index in [0.717, 1.165) is 28.0 Å². The van der Waals surface area contributed by atoms with E-state index in [2.05, 4.69) is 45.1 Å². The summed E-state index contributed by atoms with van der Waals surface area (Å²) < 4.78 is 0. The molecule has 3 aromatic heterocycles. The van der Waals surface area contributed by atoms with Crippen LogP contribution in [0.3, 0.4) is 0 Å². The van der Waals surface area contributed by atoms with Gasteiger partial charge in [-0.3, -0.25) is 0 Å². The van der Waals surface area contributed by atoms with E-state index in [1.165, 1.54) is 25.7 Å². The topological polar surface area (TPSA) is 53.6 Å². The van der Waals surface area contributed by atoms with Gasteiger partial charge in [0, 0.05) is 30.0 Å². The summed E-state index contributed by atoms with van der Waals surface area (Å²) in [5.41, 5.74) is 3.69. The Kier molecular flexibility index (Phi) is 4.39. The number of pyridine rings is 2. The van der Waals surface area contributed by atoms with Crippen LogP contribution in [-0.4, -0.2) is 21.0 Å². The highest BCUT2D eigenvalue weighted by Crippen LogP contribution is 2.31. The molecule has 1 unspecified atom stereocenters. The molecule has 4 nitrogen and oxygen atoms in total. The molecule has 1 aliphatic carbocycles. The molecule has 4 rings (SSSR count). The predicted molar refractivity (Wildman–Crippen MR) is 101 cm³/mol. The predicted octanol–water partition coefficient (Wildman–Crippen LogP) is 4.35. The van der Waals surface area contributed by atoms with Crippen LogP contribution in [0.4, 0.5) is 5.69 Å². The summed E-state index contributed by atoms with van der Waals surface area (Å²) in [5, 5.41) is 4.88. The van der Waals surface area contributed by atoms with Crippen molar-refractivity contribution in [3.8, 4) is 11.8 Å². The minimum Gasteiger partial charge on any atom is -0.380 e. The van der Waals surface area contributed by atoms with Crippen molar-refractivity contribution >= 4 is 16.7 Å². The molecule has 1 saturated carbocycles. The van der Waals surface area contributed by atoms with Crippen molar-refractivity contribution < 1.29 is 0 Å². The molecule has 126 valence electrons. The first-order valence-corrected chi connectivity index (χ1v) is 8.97. The van der Waals surface area contributed by atoms with E-state index in [1.807, 2.05) is 30.6 Å². The molecule has 0 spiro atoms. The Morgan fingerprint density at radius 1 is 1.12 bits per heavy atom. The van der Waals surface area contributed by atoms with Gasteiger partial charge in [0.2, 0.25) is 0 Å². The number of nitrogens with one attached hydrogen (secondary N) is 2. The fourth-order valence-electron chi connectivity index (χ4n) is 3.54. The number of nitrogens with zero attached hydrogens (tertiary/aromatic N) is 2. The Labute approximate surface area is 148 Å². The molecule has 0 aromatic carbocycles. The first kappa shape index (κ1) is 15.7. The van der Waals surface area contributed by atoms with Crippen LogP contribution in [0.25, 0.3) is 11.0 Å². The minimum absolute atomic E-state index is 0.490. The number of hydrogen-bond donors (Lipinski definition) is 2. The van der Waals surface area contributed by atoms with Gasteiger partial charge < -0.3 is 10.3 Å². The van der Waals surface area contributed by atoms with Crippen LogP contribution < -0.4 is 5.32 Å². The lowest BCUT2D eigenvalue weighted by Gasteiger charge is -2.31. The lowest BCUT2D eigenvalue weighted by molar-refractivity contribution is 0.349. The summed E-state index contributed by atoms with van der Waals surface area (Å²) in [7, 11) is 0. The van der Waals surface area contributed by atoms with E-state index in [9.17, 15) is 0 Å². The van der Waals surface area contributed by atoms with E-state index in [0.29, 0.717) is 12.0 Å². The summed E-state index contributed by atoms with van der Waals surface area (Å²) >= 11 is 0. The fourth-order valence-corrected chi connectivity index (χ4v) is 3.54. The van der Waals surface area contributed by atoms with Gasteiger partial charge in [-0.05, 0) is 42.9 Å². The molecule has 0 amide bonds. The van der Waals surface area contributed by atoms with Crippen LogP contribution in [0.1, 0.15) is 43.9 Å². The summed E-state index contributed by atoms with van der Waals surface area (Å²) in [6.07, 6.45) is 10.7. The van der Waals surface area contributed by atoms with Crippen LogP contribution in [0.2, 0.25) is 0 Å². The SMILES string of the molecule is C[C@@H]1CCCCC1Nc1c(C#Cc2ccccn2)cnc2[nH]ccc12. The van der Waals surface area contributed by atoms with Crippen molar-refractivity contribution in [1.29, 1.82) is 0 Å². The Bertz CT molecular complexity index is 917. The lowest BCUT2D eigenvalue weighted by Crippen LogP contribution is -2.30. The smallest absolute Gasteiger partial charge is 0.139 e. The maximum atomic E-state index is 4.51. The van der Waals surface area contributed by atoms with Gasteiger partial charge in [-0.2, -0.15) is 0 Å². The maximum absolute atomic E-state index is 4.51. The van der Waals surface area contributed by atoms with Crippen LogP contribution in [0, 0.1) is 17.8 Å². The quantitative estimate of drug-likeness (QED) is 0.687. The van der Waals surface area contributed by atoms with Crippen molar-refractivity contribution in [2.24, 2.45) is 5.92 Å². The van der Waals surface area contributed by atoms with Crippen LogP contribution in [0.5, 0.6) is 0 Å². The van der Waals surface area contributed by atoms with E-state index >= 15 is 0 Å². The van der Waals surface area contributed by atoms with E-state index < -0.39 is 0 Å². The zero-order valence-electron chi connectivity index (χ0n) is 14.4. The molecular weight excluding hydrogens is 308 g/mol. The van der Waals surface area contributed by atoms with Gasteiger partial charge in [-0.25, -0.2) is 9.97 Å². The van der Waals surface area contributed by atoms with Crippen LogP contribution in [-0.2, 0) is 0 Å². The van der Waals surface area contributed by atoms with Crippen molar-refractivity contribution in [2.45, 2.75) is 38.6 Å². The molecule has 2 atom stereocenters. The van der Waals surface area contributed by atoms with Gasteiger partial charge in [0.15, 0.2) is 0 Å². The number of aromatic amines is 1. The molecule has 3 aromatic rings. The average molecular weight is 330 g/mol. The minimum atomic E-state index is 0.490. The molecular formula is C21H22N4. The molecule has 2 N–H and O–H groups in total. The van der Waals surface area contributed by atoms with E-state index in [1.54, 1.807) is 6.20 Å². The van der Waals surface area contributed by atoms with E-state index in [-0.39, 0.29) is 0 Å². The molecule has 0 bridgehead atoms. The fraction of sp³-hybridized carbons (Fsp3) is 0.333. The van der Waals surface area contributed by atoms with Gasteiger partial charge in [0.25, 0.3) is 0 Å². The summed E-state index contributed by atoms with van der Waals surface area (Å²) in [4.78, 5) is 12.0. The normalized spacial score (nSPS) is 20.0. The van der Waals surface area contributed by atoms with Crippen molar-refractivity contribution in [2.75, 3.05) is 5.32 Å². The summed E-state index contributed by atoms with van der Waals surface area (Å²) in [5.74, 6) is 7.09. The molecule has 0 radical (unpaired) electrons. The lowest BCUT2D eigenvalue weighted by atomic mass is 9.85. The molecule has 1 aliphatic rings. The van der Waals surface area contributed by atoms with Crippen LogP contribution >= 0.6 is 0 Å². The molecule has 0 saturated heterocycles. The highest BCUT2D eigenvalue weighted by Gasteiger charge is 2.22. The third-order valence-corrected chi connectivity index (χ3v) is 5.02. The standard InChI is InChI=1S/C21H22N4/c1-15-6-2-3-8-19(15)25-20-16(9-10-17-7-4-5-12-22-17)14-24-21-18(20)11-13-23-21/h4-5,7,11-15,19H,2-3,6,8H2,1H3,(H2,23,24,25)/t15-,19?/m1/s1. The molecule has 1 fully saturated rings. The monoisotopic (exact) mass is 330 g/mol. The largest absolute Gasteiger partial charge is 0.380 e. The number of fused-ring (bicyclic) bond motifs is 1. The van der Waals surface area contributed by atoms with Gasteiger partial charge in [-0.15, -0.1) is 0 Å². The van der Waals surface area contributed by atoms with Gasteiger partial charge >= 0.3 is 0 Å². The van der Waals surface area contributed by atoms with Crippen molar-refractivity contribution in [3.05, 3.63) is 54.1 Å². The second-order valence-electron chi connectivity index (χ2n) is 6.76. The molecule has 0 aliphatic heterocycles. The molecule has 25 heavy (non-hydrogen) atoms. The summed E-state index contributed by atoms with van der Waals surface area (Å²) in [6.45, 7) is 2.34. The first-order chi connectivity index (χ1) is 12.3. The van der Waals surface area contributed by atoms with Gasteiger partial charge in [0.05, 0.1) is 11.3 Å². The van der Waals surface area contributed by atoms with Crippen molar-refractivity contribution in [1.82, 2.24) is 15.0 Å². The second-order valence-corrected chi connectivity index (χ2v) is 6.76. The Balaban J connectivity index is 1.72. The highest BCUT2D eigenvalue weighted by molar-refractivity contribution is 5.92. The average Bonchev–Trinajstić information content (AvgIpc) is 3.13. The number of aromatic nitrogens is 3. The number of H-pyrrole nitrogens is 1. The van der Waals surface area contributed by atoms with Crippen molar-refractivity contribution in [3.63, 3.8) is 0 Å².